The van der Waals surface area contributed by atoms with Crippen molar-refractivity contribution in [1.82, 2.24) is 25.5 Å². The van der Waals surface area contributed by atoms with Crippen molar-refractivity contribution >= 4 is 5.57 Å². The topological polar surface area (TPSA) is 76.2 Å². The van der Waals surface area contributed by atoms with Gasteiger partial charge in [-0.25, -0.2) is 0 Å². The van der Waals surface area contributed by atoms with E-state index in [-0.39, 0.29) is 0 Å². The van der Waals surface area contributed by atoms with Gasteiger partial charge < -0.3 is 9.47 Å². The lowest BCUT2D eigenvalue weighted by atomic mass is 10.1. The molecule has 0 aliphatic carbocycles. The molecule has 0 amide bonds. The van der Waals surface area contributed by atoms with Crippen molar-refractivity contribution in [3.8, 4) is 11.5 Å². The minimum absolute atomic E-state index is 0.616. The first-order valence-corrected chi connectivity index (χ1v) is 7.42. The van der Waals surface area contributed by atoms with Crippen LogP contribution in [0.15, 0.2) is 24.3 Å². The third kappa shape index (κ3) is 2.67. The summed E-state index contributed by atoms with van der Waals surface area (Å²) in [6.07, 6.45) is 3.18. The Morgan fingerprint density at radius 3 is 2.95 bits per heavy atom. The maximum Gasteiger partial charge on any atom is 0.201 e. The summed E-state index contributed by atoms with van der Waals surface area (Å²) >= 11 is 0. The van der Waals surface area contributed by atoms with Gasteiger partial charge in [0.1, 0.15) is 13.2 Å². The molecular formula is C15H17N5O2. The molecule has 0 fully saturated rings. The molecule has 22 heavy (non-hydrogen) atoms. The van der Waals surface area contributed by atoms with Gasteiger partial charge in [0.15, 0.2) is 11.5 Å². The molecule has 0 spiro atoms. The average molecular weight is 299 g/mol. The zero-order valence-corrected chi connectivity index (χ0v) is 12.2. The highest BCUT2D eigenvalue weighted by atomic mass is 16.6. The third-order valence-corrected chi connectivity index (χ3v) is 3.88. The Morgan fingerprint density at radius 2 is 2.09 bits per heavy atom. The van der Waals surface area contributed by atoms with Gasteiger partial charge in [0.05, 0.1) is 0 Å². The maximum absolute atomic E-state index is 5.65. The number of fused-ring (bicyclic) bond motifs is 1. The first kappa shape index (κ1) is 13.3. The molecule has 0 saturated heterocycles. The molecule has 0 atom stereocenters. The molecule has 2 aromatic rings. The highest BCUT2D eigenvalue weighted by molar-refractivity contribution is 5.61. The van der Waals surface area contributed by atoms with Gasteiger partial charge in [-0.05, 0) is 29.3 Å². The summed E-state index contributed by atoms with van der Waals surface area (Å²) in [5, 5.41) is 14.3. The van der Waals surface area contributed by atoms with E-state index in [1.807, 2.05) is 6.07 Å². The summed E-state index contributed by atoms with van der Waals surface area (Å²) in [5.74, 6) is 2.36. The van der Waals surface area contributed by atoms with Crippen LogP contribution in [0, 0.1) is 0 Å². The van der Waals surface area contributed by atoms with Crippen molar-refractivity contribution in [2.75, 3.05) is 26.3 Å². The zero-order chi connectivity index (χ0) is 14.8. The minimum atomic E-state index is 0.616. The van der Waals surface area contributed by atoms with Crippen molar-refractivity contribution in [2.45, 2.75) is 13.0 Å². The van der Waals surface area contributed by atoms with Gasteiger partial charge in [-0.15, -0.1) is 10.2 Å². The normalized spacial score (nSPS) is 18.1. The standard InChI is InChI=1S/C15H17N5O2/c1-2-12(15-16-18-19-17-15)10-20(5-1)9-11-3-4-13-14(8-11)22-7-6-21-13/h2-4,8H,1,5-7,9-10H2,(H,16,17,18,19). The van der Waals surface area contributed by atoms with E-state index < -0.39 is 0 Å². The molecule has 3 heterocycles. The molecule has 2 aliphatic rings. The number of aromatic amines is 1. The fourth-order valence-electron chi connectivity index (χ4n) is 2.84. The summed E-state index contributed by atoms with van der Waals surface area (Å²) in [7, 11) is 0. The van der Waals surface area contributed by atoms with Gasteiger partial charge >= 0.3 is 0 Å². The van der Waals surface area contributed by atoms with Crippen LogP contribution >= 0.6 is 0 Å². The largest absolute Gasteiger partial charge is 0.486 e. The summed E-state index contributed by atoms with van der Waals surface area (Å²) in [5.41, 5.74) is 2.34. The molecule has 0 bridgehead atoms. The van der Waals surface area contributed by atoms with Gasteiger partial charge in [0, 0.05) is 25.2 Å². The van der Waals surface area contributed by atoms with Crippen LogP contribution < -0.4 is 9.47 Å². The number of tetrazole rings is 1. The molecule has 7 heteroatoms. The molecule has 1 aromatic heterocycles. The number of hydrogen-bond donors (Lipinski definition) is 1. The number of ether oxygens (including phenoxy) is 2. The maximum atomic E-state index is 5.65. The molecule has 0 unspecified atom stereocenters. The Balaban J connectivity index is 1.46. The van der Waals surface area contributed by atoms with Crippen molar-refractivity contribution in [1.29, 1.82) is 0 Å². The molecule has 4 rings (SSSR count). The van der Waals surface area contributed by atoms with Crippen molar-refractivity contribution < 1.29 is 9.47 Å². The summed E-state index contributed by atoms with van der Waals surface area (Å²) in [6.45, 7) is 3.96. The highest BCUT2D eigenvalue weighted by Gasteiger charge is 2.18. The second-order valence-electron chi connectivity index (χ2n) is 5.44. The highest BCUT2D eigenvalue weighted by Crippen LogP contribution is 2.31. The molecular weight excluding hydrogens is 282 g/mol. The predicted octanol–water partition coefficient (Wildman–Crippen LogP) is 1.26. The predicted molar refractivity (Wildman–Crippen MR) is 79.5 cm³/mol. The Morgan fingerprint density at radius 1 is 1.18 bits per heavy atom. The minimum Gasteiger partial charge on any atom is -0.486 e. The third-order valence-electron chi connectivity index (χ3n) is 3.88. The fourth-order valence-corrected chi connectivity index (χ4v) is 2.84. The second-order valence-corrected chi connectivity index (χ2v) is 5.44. The van der Waals surface area contributed by atoms with E-state index in [1.54, 1.807) is 0 Å². The quantitative estimate of drug-likeness (QED) is 0.919. The van der Waals surface area contributed by atoms with Crippen molar-refractivity contribution in [3.63, 3.8) is 0 Å². The van der Waals surface area contributed by atoms with Crippen LogP contribution in [-0.2, 0) is 6.54 Å². The molecule has 0 radical (unpaired) electrons. The smallest absolute Gasteiger partial charge is 0.201 e. The van der Waals surface area contributed by atoms with Crippen molar-refractivity contribution in [2.24, 2.45) is 0 Å². The van der Waals surface area contributed by atoms with Crippen LogP contribution in [-0.4, -0.2) is 51.8 Å². The van der Waals surface area contributed by atoms with E-state index in [4.69, 9.17) is 9.47 Å². The lowest BCUT2D eigenvalue weighted by molar-refractivity contribution is 0.171. The van der Waals surface area contributed by atoms with Gasteiger partial charge in [-0.2, -0.15) is 5.21 Å². The van der Waals surface area contributed by atoms with Crippen LogP contribution in [0.4, 0.5) is 0 Å². The van der Waals surface area contributed by atoms with E-state index in [9.17, 15) is 0 Å². The monoisotopic (exact) mass is 299 g/mol. The number of nitrogens with zero attached hydrogens (tertiary/aromatic N) is 4. The van der Waals surface area contributed by atoms with Crippen LogP contribution in [0.25, 0.3) is 5.57 Å². The molecule has 1 aromatic carbocycles. The molecule has 7 nitrogen and oxygen atoms in total. The number of aromatic nitrogens is 4. The van der Waals surface area contributed by atoms with E-state index >= 15 is 0 Å². The molecule has 114 valence electrons. The van der Waals surface area contributed by atoms with E-state index in [1.165, 1.54) is 5.56 Å². The number of rotatable bonds is 3. The van der Waals surface area contributed by atoms with Gasteiger partial charge in [-0.3, -0.25) is 4.90 Å². The van der Waals surface area contributed by atoms with E-state index in [2.05, 4.69) is 43.7 Å². The lowest BCUT2D eigenvalue weighted by Gasteiger charge is -2.27. The van der Waals surface area contributed by atoms with Crippen LogP contribution in [0.5, 0.6) is 11.5 Å². The average Bonchev–Trinajstić information content (AvgIpc) is 3.10. The van der Waals surface area contributed by atoms with Crippen LogP contribution in [0.3, 0.4) is 0 Å². The first-order chi connectivity index (χ1) is 10.9. The van der Waals surface area contributed by atoms with Crippen molar-refractivity contribution in [3.05, 3.63) is 35.7 Å². The Bertz CT molecular complexity index is 683. The van der Waals surface area contributed by atoms with Gasteiger partial charge in [-0.1, -0.05) is 12.1 Å². The number of hydrogen-bond acceptors (Lipinski definition) is 6. The number of benzene rings is 1. The molecule has 0 saturated carbocycles. The molecule has 2 aliphatic heterocycles. The van der Waals surface area contributed by atoms with E-state index in [0.717, 1.165) is 43.1 Å². The first-order valence-electron chi connectivity index (χ1n) is 7.42. The van der Waals surface area contributed by atoms with Gasteiger partial charge in [0.2, 0.25) is 5.82 Å². The summed E-state index contributed by atoms with van der Waals surface area (Å²) < 4.78 is 11.2. The zero-order valence-electron chi connectivity index (χ0n) is 12.2. The number of H-pyrrole nitrogens is 1. The SMILES string of the molecule is C1=C(c2nn[nH]n2)CN(Cc2ccc3c(c2)OCCO3)CC1. The summed E-state index contributed by atoms with van der Waals surface area (Å²) in [6, 6.07) is 6.16. The Labute approximate surface area is 127 Å². The molecule has 1 N–H and O–H groups in total. The summed E-state index contributed by atoms with van der Waals surface area (Å²) in [4.78, 5) is 2.37. The van der Waals surface area contributed by atoms with Gasteiger partial charge in [0.25, 0.3) is 0 Å². The van der Waals surface area contributed by atoms with Crippen LogP contribution in [0.1, 0.15) is 17.8 Å². The Kier molecular flexibility index (Phi) is 3.48. The van der Waals surface area contributed by atoms with Crippen LogP contribution in [0.2, 0.25) is 0 Å². The van der Waals surface area contributed by atoms with E-state index in [0.29, 0.717) is 19.0 Å². The lowest BCUT2D eigenvalue weighted by Crippen LogP contribution is -2.29. The Hall–Kier alpha value is -2.41. The number of nitrogens with one attached hydrogen (secondary N) is 1. The second kappa shape index (κ2) is 5.76. The fraction of sp³-hybridized carbons (Fsp3) is 0.400.